The number of carbonyl (C=O) groups is 1. The number of para-hydroxylation sites is 1. The van der Waals surface area contributed by atoms with E-state index in [0.29, 0.717) is 0 Å². The van der Waals surface area contributed by atoms with Crippen LogP contribution in [0.4, 0.5) is 5.69 Å². The Kier molecular flexibility index (Phi) is 6.96. The van der Waals surface area contributed by atoms with Crippen LogP contribution in [0.15, 0.2) is 84.9 Å². The summed E-state index contributed by atoms with van der Waals surface area (Å²) in [6.45, 7) is 4.96. The maximum Gasteiger partial charge on any atom is 0.241 e. The SMILES string of the molecule is CC(C(=O)Nc1ccccc1-c1ccccc1)N1CCN(C(C#N)c2ccccc2)CC1. The lowest BCUT2D eigenvalue weighted by Crippen LogP contribution is -2.53. The molecule has 2 unspecified atom stereocenters. The summed E-state index contributed by atoms with van der Waals surface area (Å²) in [7, 11) is 0. The highest BCUT2D eigenvalue weighted by Crippen LogP contribution is 2.28. The van der Waals surface area contributed by atoms with Gasteiger partial charge in [-0.2, -0.15) is 5.26 Å². The summed E-state index contributed by atoms with van der Waals surface area (Å²) in [6.07, 6.45) is 0. The van der Waals surface area contributed by atoms with E-state index in [1.54, 1.807) is 0 Å². The van der Waals surface area contributed by atoms with E-state index in [1.807, 2.05) is 91.9 Å². The Morgan fingerprint density at radius 2 is 1.41 bits per heavy atom. The lowest BCUT2D eigenvalue weighted by atomic mass is 10.0. The van der Waals surface area contributed by atoms with Crippen LogP contribution in [0.2, 0.25) is 0 Å². The number of piperazine rings is 1. The predicted molar refractivity (Wildman–Crippen MR) is 128 cm³/mol. The predicted octanol–water partition coefficient (Wildman–Crippen LogP) is 4.56. The zero-order valence-corrected chi connectivity index (χ0v) is 18.3. The highest BCUT2D eigenvalue weighted by atomic mass is 16.2. The van der Waals surface area contributed by atoms with E-state index in [0.717, 1.165) is 48.6 Å². The van der Waals surface area contributed by atoms with Crippen LogP contribution in [-0.2, 0) is 4.79 Å². The van der Waals surface area contributed by atoms with Crippen molar-refractivity contribution >= 4 is 11.6 Å². The average molecular weight is 425 g/mol. The molecule has 5 nitrogen and oxygen atoms in total. The molecule has 1 heterocycles. The molecule has 5 heteroatoms. The number of hydrogen-bond donors (Lipinski definition) is 1. The molecule has 0 spiro atoms. The first-order chi connectivity index (χ1) is 15.7. The number of amides is 1. The second-order valence-electron chi connectivity index (χ2n) is 8.09. The molecular formula is C27H28N4O. The number of nitrogens with zero attached hydrogens (tertiary/aromatic N) is 3. The van der Waals surface area contributed by atoms with Gasteiger partial charge in [-0.05, 0) is 24.1 Å². The molecular weight excluding hydrogens is 396 g/mol. The highest BCUT2D eigenvalue weighted by molar-refractivity contribution is 5.98. The zero-order valence-electron chi connectivity index (χ0n) is 18.3. The first kappa shape index (κ1) is 21.8. The van der Waals surface area contributed by atoms with Crippen molar-refractivity contribution in [3.05, 3.63) is 90.5 Å². The maximum atomic E-state index is 13.1. The monoisotopic (exact) mass is 424 g/mol. The maximum absolute atomic E-state index is 13.1. The third-order valence-electron chi connectivity index (χ3n) is 6.15. The van der Waals surface area contributed by atoms with E-state index in [-0.39, 0.29) is 18.0 Å². The van der Waals surface area contributed by atoms with Crippen LogP contribution in [0.1, 0.15) is 18.5 Å². The fraction of sp³-hybridized carbons (Fsp3) is 0.259. The molecule has 1 N–H and O–H groups in total. The van der Waals surface area contributed by atoms with Crippen LogP contribution >= 0.6 is 0 Å². The fourth-order valence-corrected chi connectivity index (χ4v) is 4.25. The Balaban J connectivity index is 1.39. The van der Waals surface area contributed by atoms with E-state index in [2.05, 4.69) is 21.2 Å². The molecule has 4 rings (SSSR count). The van der Waals surface area contributed by atoms with Gasteiger partial charge in [-0.1, -0.05) is 78.9 Å². The van der Waals surface area contributed by atoms with Crippen molar-refractivity contribution in [2.24, 2.45) is 0 Å². The minimum atomic E-state index is -0.252. The van der Waals surface area contributed by atoms with Gasteiger partial charge in [0.2, 0.25) is 5.91 Å². The van der Waals surface area contributed by atoms with Gasteiger partial charge in [-0.3, -0.25) is 14.6 Å². The minimum Gasteiger partial charge on any atom is -0.324 e. The summed E-state index contributed by atoms with van der Waals surface area (Å²) < 4.78 is 0. The number of nitriles is 1. The Hall–Kier alpha value is -3.46. The molecule has 1 fully saturated rings. The fourth-order valence-electron chi connectivity index (χ4n) is 4.25. The third kappa shape index (κ3) is 4.88. The smallest absolute Gasteiger partial charge is 0.241 e. The van der Waals surface area contributed by atoms with Crippen molar-refractivity contribution in [2.75, 3.05) is 31.5 Å². The quantitative estimate of drug-likeness (QED) is 0.630. The van der Waals surface area contributed by atoms with Crippen molar-refractivity contribution in [2.45, 2.75) is 19.0 Å². The molecule has 0 bridgehead atoms. The number of nitrogens with one attached hydrogen (secondary N) is 1. The summed E-state index contributed by atoms with van der Waals surface area (Å²) in [6, 6.07) is 29.8. The van der Waals surface area contributed by atoms with Gasteiger partial charge in [0.05, 0.1) is 12.1 Å². The number of carbonyl (C=O) groups excluding carboxylic acids is 1. The number of anilines is 1. The van der Waals surface area contributed by atoms with Crippen LogP contribution in [0.25, 0.3) is 11.1 Å². The third-order valence-corrected chi connectivity index (χ3v) is 6.15. The van der Waals surface area contributed by atoms with E-state index >= 15 is 0 Å². The van der Waals surface area contributed by atoms with Gasteiger partial charge < -0.3 is 5.32 Å². The average Bonchev–Trinajstić information content (AvgIpc) is 2.86. The summed E-state index contributed by atoms with van der Waals surface area (Å²) >= 11 is 0. The lowest BCUT2D eigenvalue weighted by Gasteiger charge is -2.39. The van der Waals surface area contributed by atoms with Gasteiger partial charge >= 0.3 is 0 Å². The van der Waals surface area contributed by atoms with Crippen LogP contribution in [0.3, 0.4) is 0 Å². The van der Waals surface area contributed by atoms with Gasteiger partial charge in [0.1, 0.15) is 6.04 Å². The van der Waals surface area contributed by atoms with Gasteiger partial charge in [-0.15, -0.1) is 0 Å². The van der Waals surface area contributed by atoms with Crippen LogP contribution in [0.5, 0.6) is 0 Å². The molecule has 1 amide bonds. The number of hydrogen-bond acceptors (Lipinski definition) is 4. The van der Waals surface area contributed by atoms with Gasteiger partial charge in [-0.25, -0.2) is 0 Å². The molecule has 32 heavy (non-hydrogen) atoms. The summed E-state index contributed by atoms with van der Waals surface area (Å²) in [5.74, 6) is -0.0123. The van der Waals surface area contributed by atoms with E-state index in [4.69, 9.17) is 0 Å². The molecule has 0 aliphatic carbocycles. The van der Waals surface area contributed by atoms with Gasteiger partial charge in [0.25, 0.3) is 0 Å². The van der Waals surface area contributed by atoms with Crippen molar-refractivity contribution in [3.8, 4) is 17.2 Å². The number of benzene rings is 3. The molecule has 1 aliphatic rings. The second kappa shape index (κ2) is 10.2. The van der Waals surface area contributed by atoms with Crippen molar-refractivity contribution < 1.29 is 4.79 Å². The molecule has 0 radical (unpaired) electrons. The van der Waals surface area contributed by atoms with Gasteiger partial charge in [0, 0.05) is 37.4 Å². The van der Waals surface area contributed by atoms with E-state index in [9.17, 15) is 10.1 Å². The van der Waals surface area contributed by atoms with E-state index in [1.165, 1.54) is 0 Å². The van der Waals surface area contributed by atoms with Crippen molar-refractivity contribution in [1.82, 2.24) is 9.80 Å². The zero-order chi connectivity index (χ0) is 22.3. The van der Waals surface area contributed by atoms with Crippen LogP contribution < -0.4 is 5.32 Å². The van der Waals surface area contributed by atoms with Gasteiger partial charge in [0.15, 0.2) is 0 Å². The number of rotatable bonds is 6. The Bertz CT molecular complexity index is 1070. The van der Waals surface area contributed by atoms with E-state index < -0.39 is 0 Å². The summed E-state index contributed by atoms with van der Waals surface area (Å²) in [5.41, 5.74) is 3.93. The topological polar surface area (TPSA) is 59.4 Å². The molecule has 162 valence electrons. The molecule has 1 aliphatic heterocycles. The Morgan fingerprint density at radius 3 is 2.06 bits per heavy atom. The molecule has 0 aromatic heterocycles. The molecule has 2 atom stereocenters. The summed E-state index contributed by atoms with van der Waals surface area (Å²) in [4.78, 5) is 17.5. The minimum absolute atomic E-state index is 0.0123. The second-order valence-corrected chi connectivity index (χ2v) is 8.09. The highest BCUT2D eigenvalue weighted by Gasteiger charge is 2.29. The standard InChI is InChI=1S/C27H28N4O/c1-21(27(32)29-25-15-9-8-14-24(25)22-10-4-2-5-11-22)30-16-18-31(19-17-30)26(20-28)23-12-6-3-7-13-23/h2-15,21,26H,16-19H2,1H3,(H,29,32). The Morgan fingerprint density at radius 1 is 0.844 bits per heavy atom. The largest absolute Gasteiger partial charge is 0.324 e. The van der Waals surface area contributed by atoms with Crippen LogP contribution in [0, 0.1) is 11.3 Å². The van der Waals surface area contributed by atoms with Crippen molar-refractivity contribution in [3.63, 3.8) is 0 Å². The molecule has 0 saturated carbocycles. The molecule has 3 aromatic rings. The Labute approximate surface area is 189 Å². The first-order valence-corrected chi connectivity index (χ1v) is 11.1. The molecule has 1 saturated heterocycles. The summed E-state index contributed by atoms with van der Waals surface area (Å²) in [5, 5.41) is 12.8. The lowest BCUT2D eigenvalue weighted by molar-refractivity contribution is -0.121. The van der Waals surface area contributed by atoms with Crippen molar-refractivity contribution in [1.29, 1.82) is 5.26 Å². The molecule has 3 aromatic carbocycles. The van der Waals surface area contributed by atoms with Crippen LogP contribution in [-0.4, -0.2) is 47.9 Å². The normalized spacial score (nSPS) is 16.6. The first-order valence-electron chi connectivity index (χ1n) is 11.1.